The Bertz CT molecular complexity index is 771. The van der Waals surface area contributed by atoms with E-state index in [2.05, 4.69) is 24.4 Å². The number of rotatable bonds is 7. The Morgan fingerprint density at radius 1 is 1.11 bits per heavy atom. The summed E-state index contributed by atoms with van der Waals surface area (Å²) in [7, 11) is 0. The van der Waals surface area contributed by atoms with Crippen LogP contribution in [0.25, 0.3) is 0 Å². The molecular formula is C23H28N2O2. The molecule has 0 unspecified atom stereocenters. The third kappa shape index (κ3) is 4.97. The Kier molecular flexibility index (Phi) is 6.28. The Hall–Kier alpha value is -2.62. The Morgan fingerprint density at radius 2 is 1.81 bits per heavy atom. The second-order valence-electron chi connectivity index (χ2n) is 7.36. The molecule has 0 saturated carbocycles. The van der Waals surface area contributed by atoms with Gasteiger partial charge in [0.05, 0.1) is 5.92 Å². The SMILES string of the molecule is CCc1ccc(N2C[C@@H](C(=O)N[C@H](C)CCc3ccccc3)CC2=O)cc1. The first-order valence-electron chi connectivity index (χ1n) is 9.80. The van der Waals surface area contributed by atoms with Crippen molar-refractivity contribution in [3.8, 4) is 0 Å². The van der Waals surface area contributed by atoms with Crippen LogP contribution in [0.5, 0.6) is 0 Å². The molecule has 3 rings (SSSR count). The number of aryl methyl sites for hydroxylation is 2. The maximum atomic E-state index is 12.6. The second kappa shape index (κ2) is 8.85. The maximum absolute atomic E-state index is 12.6. The molecule has 0 spiro atoms. The zero-order valence-corrected chi connectivity index (χ0v) is 16.2. The highest BCUT2D eigenvalue weighted by molar-refractivity contribution is 6.00. The van der Waals surface area contributed by atoms with Gasteiger partial charge in [0, 0.05) is 24.7 Å². The molecule has 2 atom stereocenters. The summed E-state index contributed by atoms with van der Waals surface area (Å²) in [5, 5.41) is 3.09. The van der Waals surface area contributed by atoms with Crippen molar-refractivity contribution in [2.75, 3.05) is 11.4 Å². The van der Waals surface area contributed by atoms with Gasteiger partial charge in [-0.25, -0.2) is 0 Å². The van der Waals surface area contributed by atoms with Gasteiger partial charge in [0.25, 0.3) is 0 Å². The Balaban J connectivity index is 1.52. The summed E-state index contributed by atoms with van der Waals surface area (Å²) >= 11 is 0. The molecule has 0 aromatic heterocycles. The number of benzene rings is 2. The average Bonchev–Trinajstić information content (AvgIpc) is 3.09. The molecule has 0 aliphatic carbocycles. The van der Waals surface area contributed by atoms with Crippen molar-refractivity contribution < 1.29 is 9.59 Å². The normalized spacial score (nSPS) is 17.8. The molecular weight excluding hydrogens is 336 g/mol. The van der Waals surface area contributed by atoms with Crippen LogP contribution in [0.4, 0.5) is 5.69 Å². The number of hydrogen-bond acceptors (Lipinski definition) is 2. The van der Waals surface area contributed by atoms with Gasteiger partial charge in [0.15, 0.2) is 0 Å². The van der Waals surface area contributed by atoms with E-state index in [0.717, 1.165) is 24.9 Å². The van der Waals surface area contributed by atoms with E-state index < -0.39 is 0 Å². The molecule has 4 nitrogen and oxygen atoms in total. The molecule has 4 heteroatoms. The number of nitrogens with one attached hydrogen (secondary N) is 1. The van der Waals surface area contributed by atoms with Gasteiger partial charge in [-0.05, 0) is 49.4 Å². The highest BCUT2D eigenvalue weighted by atomic mass is 16.2. The van der Waals surface area contributed by atoms with Crippen molar-refractivity contribution in [3.63, 3.8) is 0 Å². The molecule has 1 fully saturated rings. The minimum absolute atomic E-state index is 0.0170. The zero-order chi connectivity index (χ0) is 19.2. The lowest BCUT2D eigenvalue weighted by atomic mass is 10.0. The quantitative estimate of drug-likeness (QED) is 0.814. The molecule has 1 aliphatic heterocycles. The van der Waals surface area contributed by atoms with Gasteiger partial charge in [0.1, 0.15) is 0 Å². The molecule has 1 heterocycles. The van der Waals surface area contributed by atoms with Gasteiger partial charge < -0.3 is 10.2 Å². The molecule has 2 amide bonds. The average molecular weight is 364 g/mol. The lowest BCUT2D eigenvalue weighted by Crippen LogP contribution is -2.38. The minimum Gasteiger partial charge on any atom is -0.353 e. The van der Waals surface area contributed by atoms with Crippen LogP contribution in [0.3, 0.4) is 0 Å². The van der Waals surface area contributed by atoms with Gasteiger partial charge in [-0.1, -0.05) is 49.4 Å². The first-order valence-corrected chi connectivity index (χ1v) is 9.80. The number of amides is 2. The van der Waals surface area contributed by atoms with E-state index >= 15 is 0 Å². The summed E-state index contributed by atoms with van der Waals surface area (Å²) < 4.78 is 0. The molecule has 2 aromatic rings. The summed E-state index contributed by atoms with van der Waals surface area (Å²) in [6, 6.07) is 18.4. The van der Waals surface area contributed by atoms with Crippen molar-refractivity contribution in [1.29, 1.82) is 0 Å². The molecule has 27 heavy (non-hydrogen) atoms. The topological polar surface area (TPSA) is 49.4 Å². The van der Waals surface area contributed by atoms with Gasteiger partial charge in [0.2, 0.25) is 11.8 Å². The predicted molar refractivity (Wildman–Crippen MR) is 109 cm³/mol. The summed E-state index contributed by atoms with van der Waals surface area (Å²) in [5.41, 5.74) is 3.40. The third-order valence-corrected chi connectivity index (χ3v) is 5.25. The largest absolute Gasteiger partial charge is 0.353 e. The van der Waals surface area contributed by atoms with E-state index in [0.29, 0.717) is 6.54 Å². The summed E-state index contributed by atoms with van der Waals surface area (Å²) in [6.45, 7) is 4.59. The van der Waals surface area contributed by atoms with Crippen LogP contribution in [0.15, 0.2) is 54.6 Å². The molecule has 142 valence electrons. The van der Waals surface area contributed by atoms with Gasteiger partial charge in [-0.2, -0.15) is 0 Å². The minimum atomic E-state index is -0.275. The highest BCUT2D eigenvalue weighted by Crippen LogP contribution is 2.25. The second-order valence-corrected chi connectivity index (χ2v) is 7.36. The lowest BCUT2D eigenvalue weighted by Gasteiger charge is -2.19. The van der Waals surface area contributed by atoms with Gasteiger partial charge >= 0.3 is 0 Å². The smallest absolute Gasteiger partial charge is 0.227 e. The molecule has 1 N–H and O–H groups in total. The van der Waals surface area contributed by atoms with Gasteiger partial charge in [-0.3, -0.25) is 9.59 Å². The fraction of sp³-hybridized carbons (Fsp3) is 0.391. The zero-order valence-electron chi connectivity index (χ0n) is 16.2. The monoisotopic (exact) mass is 364 g/mol. The fourth-order valence-electron chi connectivity index (χ4n) is 3.51. The number of nitrogens with zero attached hydrogens (tertiary/aromatic N) is 1. The molecule has 1 saturated heterocycles. The lowest BCUT2D eigenvalue weighted by molar-refractivity contribution is -0.126. The van der Waals surface area contributed by atoms with Crippen LogP contribution in [0.1, 0.15) is 37.8 Å². The Morgan fingerprint density at radius 3 is 2.48 bits per heavy atom. The van der Waals surface area contributed by atoms with Crippen molar-refractivity contribution >= 4 is 17.5 Å². The van der Waals surface area contributed by atoms with Crippen molar-refractivity contribution in [3.05, 3.63) is 65.7 Å². The molecule has 0 bridgehead atoms. The van der Waals surface area contributed by atoms with Crippen LogP contribution in [0.2, 0.25) is 0 Å². The molecule has 0 radical (unpaired) electrons. The standard InChI is InChI=1S/C23H28N2O2/c1-3-18-11-13-21(14-12-18)25-16-20(15-22(25)26)23(27)24-17(2)9-10-19-7-5-4-6-8-19/h4-8,11-14,17,20H,3,9-10,15-16H2,1-2H3,(H,24,27)/t17-,20+/m1/s1. The van der Waals surface area contributed by atoms with E-state index in [1.807, 2.05) is 49.4 Å². The Labute approximate surface area is 161 Å². The van der Waals surface area contributed by atoms with E-state index in [4.69, 9.17) is 0 Å². The first kappa shape index (κ1) is 19.2. The number of anilines is 1. The van der Waals surface area contributed by atoms with Crippen LogP contribution in [-0.4, -0.2) is 24.4 Å². The van der Waals surface area contributed by atoms with Crippen LogP contribution >= 0.6 is 0 Å². The van der Waals surface area contributed by atoms with E-state index in [1.165, 1.54) is 11.1 Å². The summed E-state index contributed by atoms with van der Waals surface area (Å²) in [5.74, 6) is -0.268. The first-order chi connectivity index (χ1) is 13.1. The molecule has 1 aliphatic rings. The molecule has 2 aromatic carbocycles. The summed E-state index contributed by atoms with van der Waals surface area (Å²) in [6.07, 6.45) is 3.08. The maximum Gasteiger partial charge on any atom is 0.227 e. The van der Waals surface area contributed by atoms with Gasteiger partial charge in [-0.15, -0.1) is 0 Å². The number of hydrogen-bond donors (Lipinski definition) is 1. The van der Waals surface area contributed by atoms with E-state index in [-0.39, 0.29) is 30.2 Å². The van der Waals surface area contributed by atoms with Crippen LogP contribution in [0, 0.1) is 5.92 Å². The van der Waals surface area contributed by atoms with E-state index in [1.54, 1.807) is 4.90 Å². The predicted octanol–water partition coefficient (Wildman–Crippen LogP) is 3.74. The van der Waals surface area contributed by atoms with Crippen LogP contribution in [-0.2, 0) is 22.4 Å². The van der Waals surface area contributed by atoms with Crippen molar-refractivity contribution in [2.24, 2.45) is 5.92 Å². The third-order valence-electron chi connectivity index (χ3n) is 5.25. The summed E-state index contributed by atoms with van der Waals surface area (Å²) in [4.78, 5) is 26.7. The van der Waals surface area contributed by atoms with Crippen molar-refractivity contribution in [1.82, 2.24) is 5.32 Å². The number of carbonyl (C=O) groups is 2. The van der Waals surface area contributed by atoms with Crippen molar-refractivity contribution in [2.45, 2.75) is 45.6 Å². The fourth-order valence-corrected chi connectivity index (χ4v) is 3.51. The number of carbonyl (C=O) groups excluding carboxylic acids is 2. The van der Waals surface area contributed by atoms with Crippen LogP contribution < -0.4 is 10.2 Å². The van der Waals surface area contributed by atoms with E-state index in [9.17, 15) is 9.59 Å². The highest BCUT2D eigenvalue weighted by Gasteiger charge is 2.35.